The molecule has 1 saturated heterocycles. The van der Waals surface area contributed by atoms with Gasteiger partial charge in [0.05, 0.1) is 15.6 Å². The fourth-order valence-corrected chi connectivity index (χ4v) is 2.41. The zero-order valence-electron chi connectivity index (χ0n) is 8.17. The van der Waals surface area contributed by atoms with Crippen molar-refractivity contribution in [2.45, 2.75) is 12.8 Å². The van der Waals surface area contributed by atoms with E-state index in [0.717, 1.165) is 18.8 Å². The summed E-state index contributed by atoms with van der Waals surface area (Å²) < 4.78 is 0. The maximum Gasteiger partial charge on any atom is 0.153 e. The number of aldehydes is 1. The van der Waals surface area contributed by atoms with E-state index >= 15 is 0 Å². The maximum atomic E-state index is 10.7. The third-order valence-corrected chi connectivity index (χ3v) is 3.28. The number of hydrogen-bond donors (Lipinski definition) is 0. The van der Waals surface area contributed by atoms with E-state index in [1.165, 1.54) is 12.8 Å². The molecule has 2 rings (SSSR count). The monoisotopic (exact) mass is 243 g/mol. The second-order valence-corrected chi connectivity index (χ2v) is 4.45. The van der Waals surface area contributed by atoms with Gasteiger partial charge in [-0.15, -0.1) is 0 Å². The Morgan fingerprint density at radius 1 is 1.13 bits per heavy atom. The molecule has 0 bridgehead atoms. The summed E-state index contributed by atoms with van der Waals surface area (Å²) in [6, 6.07) is 3.62. The van der Waals surface area contributed by atoms with Gasteiger partial charge in [0.25, 0.3) is 0 Å². The Balaban J connectivity index is 2.37. The first-order valence-electron chi connectivity index (χ1n) is 4.91. The van der Waals surface area contributed by atoms with Crippen LogP contribution in [-0.2, 0) is 0 Å². The van der Waals surface area contributed by atoms with Crippen molar-refractivity contribution in [3.63, 3.8) is 0 Å². The number of carbonyl (C=O) groups is 1. The first-order chi connectivity index (χ1) is 7.22. The molecule has 0 atom stereocenters. The number of rotatable bonds is 2. The fourth-order valence-electron chi connectivity index (χ4n) is 1.84. The maximum absolute atomic E-state index is 10.7. The van der Waals surface area contributed by atoms with Crippen molar-refractivity contribution in [1.29, 1.82) is 0 Å². The molecule has 1 heterocycles. The lowest BCUT2D eigenvalue weighted by atomic mass is 10.2. The minimum atomic E-state index is 0.376. The standard InChI is InChI=1S/C11H11Cl2NO/c12-10-5-8(14-3-1-2-4-14)6-11(13)9(10)7-15/h5-7H,1-4H2. The molecule has 0 unspecified atom stereocenters. The Bertz CT molecular complexity index is 363. The lowest BCUT2D eigenvalue weighted by molar-refractivity contribution is 0.112. The Hall–Kier alpha value is -0.730. The van der Waals surface area contributed by atoms with Crippen LogP contribution in [-0.4, -0.2) is 19.4 Å². The fraction of sp³-hybridized carbons (Fsp3) is 0.364. The second kappa shape index (κ2) is 4.42. The summed E-state index contributed by atoms with van der Waals surface area (Å²) in [6.45, 7) is 2.07. The average molecular weight is 244 g/mol. The lowest BCUT2D eigenvalue weighted by Crippen LogP contribution is -2.17. The molecular formula is C11H11Cl2NO. The summed E-state index contributed by atoms with van der Waals surface area (Å²) in [5.41, 5.74) is 1.38. The molecule has 80 valence electrons. The number of benzene rings is 1. The molecule has 1 aliphatic heterocycles. The van der Waals surface area contributed by atoms with Crippen molar-refractivity contribution in [3.8, 4) is 0 Å². The van der Waals surface area contributed by atoms with E-state index in [0.29, 0.717) is 21.9 Å². The first kappa shape index (κ1) is 10.8. The minimum absolute atomic E-state index is 0.376. The van der Waals surface area contributed by atoms with Crippen molar-refractivity contribution in [2.24, 2.45) is 0 Å². The van der Waals surface area contributed by atoms with Crippen LogP contribution >= 0.6 is 23.2 Å². The second-order valence-electron chi connectivity index (χ2n) is 3.64. The zero-order chi connectivity index (χ0) is 10.8. The van der Waals surface area contributed by atoms with Gasteiger partial charge in [-0.1, -0.05) is 23.2 Å². The van der Waals surface area contributed by atoms with Gasteiger partial charge < -0.3 is 4.90 Å². The first-order valence-corrected chi connectivity index (χ1v) is 5.67. The Labute approximate surface area is 98.8 Å². The van der Waals surface area contributed by atoms with Crippen LogP contribution in [0.1, 0.15) is 23.2 Å². The molecule has 1 fully saturated rings. The number of carbonyl (C=O) groups excluding carboxylic acids is 1. The molecule has 0 aromatic heterocycles. The van der Waals surface area contributed by atoms with Gasteiger partial charge in [0.1, 0.15) is 0 Å². The van der Waals surface area contributed by atoms with Gasteiger partial charge in [0.2, 0.25) is 0 Å². The molecule has 15 heavy (non-hydrogen) atoms. The Morgan fingerprint density at radius 3 is 2.13 bits per heavy atom. The van der Waals surface area contributed by atoms with Crippen LogP contribution in [0.4, 0.5) is 5.69 Å². The van der Waals surface area contributed by atoms with Crippen LogP contribution in [0.2, 0.25) is 10.0 Å². The molecular weight excluding hydrogens is 233 g/mol. The third-order valence-electron chi connectivity index (χ3n) is 2.65. The minimum Gasteiger partial charge on any atom is -0.371 e. The molecule has 1 aromatic carbocycles. The molecule has 0 saturated carbocycles. The number of nitrogens with zero attached hydrogens (tertiary/aromatic N) is 1. The highest BCUT2D eigenvalue weighted by atomic mass is 35.5. The zero-order valence-corrected chi connectivity index (χ0v) is 9.68. The summed E-state index contributed by atoms with van der Waals surface area (Å²) in [7, 11) is 0. The summed E-state index contributed by atoms with van der Waals surface area (Å²) in [5, 5.41) is 0.860. The van der Waals surface area contributed by atoms with Crippen molar-refractivity contribution in [1.82, 2.24) is 0 Å². The summed E-state index contributed by atoms with van der Waals surface area (Å²) in [5.74, 6) is 0. The highest BCUT2D eigenvalue weighted by molar-refractivity contribution is 6.38. The quantitative estimate of drug-likeness (QED) is 0.743. The van der Waals surface area contributed by atoms with Crippen LogP contribution < -0.4 is 4.90 Å². The average Bonchev–Trinajstić information content (AvgIpc) is 2.69. The highest BCUT2D eigenvalue weighted by Crippen LogP contribution is 2.31. The van der Waals surface area contributed by atoms with Crippen LogP contribution in [0.15, 0.2) is 12.1 Å². The third kappa shape index (κ3) is 2.11. The molecule has 0 N–H and O–H groups in total. The van der Waals surface area contributed by atoms with Gasteiger partial charge in [-0.3, -0.25) is 4.79 Å². The summed E-state index contributed by atoms with van der Waals surface area (Å²) >= 11 is 11.9. The molecule has 2 nitrogen and oxygen atoms in total. The van der Waals surface area contributed by atoms with E-state index in [9.17, 15) is 4.79 Å². The van der Waals surface area contributed by atoms with Crippen LogP contribution in [0.3, 0.4) is 0 Å². The van der Waals surface area contributed by atoms with Crippen molar-refractivity contribution < 1.29 is 4.79 Å². The summed E-state index contributed by atoms with van der Waals surface area (Å²) in [4.78, 5) is 12.9. The van der Waals surface area contributed by atoms with Crippen molar-refractivity contribution in [3.05, 3.63) is 27.7 Å². The van der Waals surface area contributed by atoms with E-state index in [1.54, 1.807) is 0 Å². The van der Waals surface area contributed by atoms with E-state index in [-0.39, 0.29) is 0 Å². The van der Waals surface area contributed by atoms with Gasteiger partial charge in [-0.05, 0) is 25.0 Å². The summed E-state index contributed by atoms with van der Waals surface area (Å²) in [6.07, 6.45) is 3.09. The van der Waals surface area contributed by atoms with Gasteiger partial charge in [0.15, 0.2) is 6.29 Å². The molecule has 0 spiro atoms. The smallest absolute Gasteiger partial charge is 0.153 e. The van der Waals surface area contributed by atoms with E-state index in [1.807, 2.05) is 12.1 Å². The highest BCUT2D eigenvalue weighted by Gasteiger charge is 2.15. The van der Waals surface area contributed by atoms with Crippen molar-refractivity contribution in [2.75, 3.05) is 18.0 Å². The van der Waals surface area contributed by atoms with Crippen LogP contribution in [0.25, 0.3) is 0 Å². The van der Waals surface area contributed by atoms with E-state index < -0.39 is 0 Å². The van der Waals surface area contributed by atoms with Crippen LogP contribution in [0, 0.1) is 0 Å². The Morgan fingerprint density at radius 2 is 1.67 bits per heavy atom. The predicted molar refractivity (Wildman–Crippen MR) is 63.3 cm³/mol. The van der Waals surface area contributed by atoms with Gasteiger partial charge >= 0.3 is 0 Å². The van der Waals surface area contributed by atoms with Gasteiger partial charge in [-0.2, -0.15) is 0 Å². The van der Waals surface area contributed by atoms with Gasteiger partial charge in [-0.25, -0.2) is 0 Å². The number of hydrogen-bond acceptors (Lipinski definition) is 2. The van der Waals surface area contributed by atoms with E-state index in [2.05, 4.69) is 4.90 Å². The number of anilines is 1. The lowest BCUT2D eigenvalue weighted by Gasteiger charge is -2.18. The topological polar surface area (TPSA) is 20.3 Å². The molecule has 0 radical (unpaired) electrons. The normalized spacial score (nSPS) is 15.7. The molecule has 1 aliphatic rings. The molecule has 4 heteroatoms. The molecule has 0 amide bonds. The molecule has 1 aromatic rings. The van der Waals surface area contributed by atoms with Gasteiger partial charge in [0, 0.05) is 18.8 Å². The van der Waals surface area contributed by atoms with E-state index in [4.69, 9.17) is 23.2 Å². The van der Waals surface area contributed by atoms with Crippen LogP contribution in [0.5, 0.6) is 0 Å². The SMILES string of the molecule is O=Cc1c(Cl)cc(N2CCCC2)cc1Cl. The predicted octanol–water partition coefficient (Wildman–Crippen LogP) is 3.41. The Kier molecular flexibility index (Phi) is 3.17. The number of halogens is 2. The van der Waals surface area contributed by atoms with Crippen molar-refractivity contribution >= 4 is 35.2 Å². The molecule has 0 aliphatic carbocycles. The largest absolute Gasteiger partial charge is 0.371 e.